The largest absolute Gasteiger partial charge is 0.381 e. The highest BCUT2D eigenvalue weighted by Crippen LogP contribution is 2.28. The first kappa shape index (κ1) is 25.0. The van der Waals surface area contributed by atoms with Gasteiger partial charge in [0.05, 0.1) is 40.5 Å². The van der Waals surface area contributed by atoms with Crippen LogP contribution in [0.1, 0.15) is 55.5 Å². The van der Waals surface area contributed by atoms with Crippen molar-refractivity contribution in [1.82, 2.24) is 30.2 Å². The van der Waals surface area contributed by atoms with Crippen molar-refractivity contribution in [2.75, 3.05) is 18.9 Å². The van der Waals surface area contributed by atoms with Crippen molar-refractivity contribution in [3.05, 3.63) is 42.0 Å². The number of pyridine rings is 1. The Balaban J connectivity index is 1.58. The van der Waals surface area contributed by atoms with Crippen LogP contribution >= 0.6 is 0 Å². The van der Waals surface area contributed by atoms with E-state index in [4.69, 9.17) is 5.26 Å². The molecule has 1 aliphatic carbocycles. The van der Waals surface area contributed by atoms with Crippen molar-refractivity contribution in [1.29, 1.82) is 5.26 Å². The molecule has 0 saturated heterocycles. The van der Waals surface area contributed by atoms with E-state index in [1.807, 2.05) is 6.07 Å². The predicted octanol–water partition coefficient (Wildman–Crippen LogP) is 2.86. The molecule has 0 bridgehead atoms. The molecule has 0 radical (unpaired) electrons. The number of aromatic nitrogens is 4. The third-order valence-corrected chi connectivity index (χ3v) is 6.29. The number of anilines is 1. The molecule has 36 heavy (non-hydrogen) atoms. The number of alkyl halides is 1. The topological polar surface area (TPSA) is 137 Å². The van der Waals surface area contributed by atoms with Gasteiger partial charge in [0.25, 0.3) is 5.91 Å². The first-order valence-corrected chi connectivity index (χ1v) is 11.9. The SMILES string of the molecule is CNC(=O)[C@H]1CC[C@H](NC(=O)c2cnc(-c3cnn4cc(C#N)cnc34)cc2NCC(C)(C)F)CC1. The van der Waals surface area contributed by atoms with Gasteiger partial charge < -0.3 is 16.0 Å². The number of nitrogens with one attached hydrogen (secondary N) is 3. The number of carbonyl (C=O) groups is 2. The van der Waals surface area contributed by atoms with Gasteiger partial charge in [0.1, 0.15) is 11.7 Å². The minimum Gasteiger partial charge on any atom is -0.381 e. The zero-order valence-electron chi connectivity index (χ0n) is 20.5. The quantitative estimate of drug-likeness (QED) is 0.461. The van der Waals surface area contributed by atoms with Crippen molar-refractivity contribution in [3.8, 4) is 17.3 Å². The summed E-state index contributed by atoms with van der Waals surface area (Å²) in [5, 5.41) is 22.1. The van der Waals surface area contributed by atoms with E-state index in [-0.39, 0.29) is 30.3 Å². The summed E-state index contributed by atoms with van der Waals surface area (Å²) in [4.78, 5) is 33.9. The van der Waals surface area contributed by atoms with Gasteiger partial charge in [0.15, 0.2) is 5.65 Å². The third kappa shape index (κ3) is 5.59. The van der Waals surface area contributed by atoms with Crippen LogP contribution in [0.15, 0.2) is 30.9 Å². The van der Waals surface area contributed by atoms with Crippen LogP contribution in [0, 0.1) is 17.2 Å². The van der Waals surface area contributed by atoms with Gasteiger partial charge in [-0.25, -0.2) is 13.9 Å². The average Bonchev–Trinajstić information content (AvgIpc) is 3.30. The molecule has 0 spiro atoms. The number of fused-ring (bicyclic) bond motifs is 1. The Bertz CT molecular complexity index is 1320. The molecule has 188 valence electrons. The van der Waals surface area contributed by atoms with Gasteiger partial charge >= 0.3 is 0 Å². The summed E-state index contributed by atoms with van der Waals surface area (Å²) in [7, 11) is 1.63. The molecule has 2 amide bonds. The van der Waals surface area contributed by atoms with Crippen LogP contribution in [-0.2, 0) is 4.79 Å². The molecule has 1 aliphatic rings. The fourth-order valence-electron chi connectivity index (χ4n) is 4.32. The van der Waals surface area contributed by atoms with Crippen LogP contribution in [0.2, 0.25) is 0 Å². The van der Waals surface area contributed by atoms with Crippen LogP contribution in [0.25, 0.3) is 16.9 Å². The fourth-order valence-corrected chi connectivity index (χ4v) is 4.32. The van der Waals surface area contributed by atoms with E-state index in [0.29, 0.717) is 59.4 Å². The Labute approximate surface area is 208 Å². The molecule has 0 aliphatic heterocycles. The summed E-state index contributed by atoms with van der Waals surface area (Å²) in [5.41, 5.74) is 1.22. The minimum absolute atomic E-state index is 0.00743. The maximum absolute atomic E-state index is 14.3. The van der Waals surface area contributed by atoms with E-state index in [0.717, 1.165) is 0 Å². The molecule has 1 fully saturated rings. The Hall–Kier alpha value is -4.07. The van der Waals surface area contributed by atoms with Crippen LogP contribution in [0.4, 0.5) is 10.1 Å². The molecule has 10 nitrogen and oxygen atoms in total. The molecule has 11 heteroatoms. The maximum Gasteiger partial charge on any atom is 0.255 e. The Morgan fingerprint density at radius 3 is 2.61 bits per heavy atom. The molecule has 1 saturated carbocycles. The molecule has 3 aromatic heterocycles. The van der Waals surface area contributed by atoms with E-state index < -0.39 is 5.67 Å². The average molecular weight is 493 g/mol. The Morgan fingerprint density at radius 2 is 1.94 bits per heavy atom. The number of nitrogens with zero attached hydrogens (tertiary/aromatic N) is 5. The van der Waals surface area contributed by atoms with Gasteiger partial charge in [-0.1, -0.05) is 0 Å². The first-order chi connectivity index (χ1) is 17.2. The van der Waals surface area contributed by atoms with E-state index in [2.05, 4.69) is 31.0 Å². The lowest BCUT2D eigenvalue weighted by atomic mass is 9.85. The zero-order valence-corrected chi connectivity index (χ0v) is 20.5. The summed E-state index contributed by atoms with van der Waals surface area (Å²) in [6, 6.07) is 3.65. The summed E-state index contributed by atoms with van der Waals surface area (Å²) >= 11 is 0. The highest BCUT2D eigenvalue weighted by molar-refractivity contribution is 6.00. The summed E-state index contributed by atoms with van der Waals surface area (Å²) in [6.07, 6.45) is 8.88. The van der Waals surface area contributed by atoms with Crippen LogP contribution in [0.3, 0.4) is 0 Å². The first-order valence-electron chi connectivity index (χ1n) is 11.9. The fraction of sp³-hybridized carbons (Fsp3) is 0.440. The number of carbonyl (C=O) groups excluding carboxylic acids is 2. The van der Waals surface area contributed by atoms with Gasteiger partial charge in [-0.3, -0.25) is 14.6 Å². The van der Waals surface area contributed by atoms with Gasteiger partial charge in [-0.05, 0) is 45.6 Å². The molecule has 4 rings (SSSR count). The summed E-state index contributed by atoms with van der Waals surface area (Å²) in [6.45, 7) is 2.90. The molecule has 0 unspecified atom stereocenters. The van der Waals surface area contributed by atoms with Crippen molar-refractivity contribution in [3.63, 3.8) is 0 Å². The maximum atomic E-state index is 14.3. The number of rotatable bonds is 7. The van der Waals surface area contributed by atoms with Crippen molar-refractivity contribution >= 4 is 23.1 Å². The number of hydrogen-bond acceptors (Lipinski definition) is 7. The molecule has 3 N–H and O–H groups in total. The lowest BCUT2D eigenvalue weighted by Gasteiger charge is -2.28. The standard InChI is InChI=1S/C25H29FN8O2/c1-25(2,26)14-31-21-8-20(18-12-32-34-13-15(9-27)10-30-22(18)34)29-11-19(21)24(36)33-17-6-4-16(5-7-17)23(35)28-3/h8,10-13,16-17H,4-7,14H2,1-3H3,(H,28,35)(H,29,31)(H,33,36)/t16-,17-. The van der Waals surface area contributed by atoms with Gasteiger partial charge in [-0.15, -0.1) is 0 Å². The van der Waals surface area contributed by atoms with Crippen molar-refractivity contribution < 1.29 is 14.0 Å². The second-order valence-electron chi connectivity index (χ2n) is 9.60. The normalized spacial score (nSPS) is 17.9. The van der Waals surface area contributed by atoms with Crippen LogP contribution < -0.4 is 16.0 Å². The predicted molar refractivity (Wildman–Crippen MR) is 132 cm³/mol. The smallest absolute Gasteiger partial charge is 0.255 e. The van der Waals surface area contributed by atoms with Gasteiger partial charge in [0.2, 0.25) is 5.91 Å². The second-order valence-corrected chi connectivity index (χ2v) is 9.60. The van der Waals surface area contributed by atoms with Crippen LogP contribution in [-0.4, -0.2) is 56.7 Å². The lowest BCUT2D eigenvalue weighted by Crippen LogP contribution is -2.40. The zero-order chi connectivity index (χ0) is 25.9. The van der Waals surface area contributed by atoms with Crippen molar-refractivity contribution in [2.24, 2.45) is 5.92 Å². The molecular formula is C25H29FN8O2. The second kappa shape index (κ2) is 10.3. The molecular weight excluding hydrogens is 463 g/mol. The highest BCUT2D eigenvalue weighted by atomic mass is 19.1. The van der Waals surface area contributed by atoms with E-state index in [1.165, 1.54) is 30.8 Å². The van der Waals surface area contributed by atoms with E-state index >= 15 is 0 Å². The number of hydrogen-bond donors (Lipinski definition) is 3. The molecule has 3 heterocycles. The van der Waals surface area contributed by atoms with Crippen molar-refractivity contribution in [2.45, 2.75) is 51.2 Å². The number of amides is 2. The number of nitriles is 1. The number of halogens is 1. The van der Waals surface area contributed by atoms with E-state index in [9.17, 15) is 14.0 Å². The van der Waals surface area contributed by atoms with Crippen LogP contribution in [0.5, 0.6) is 0 Å². The minimum atomic E-state index is -1.50. The lowest BCUT2D eigenvalue weighted by molar-refractivity contribution is -0.125. The summed E-state index contributed by atoms with van der Waals surface area (Å²) < 4.78 is 15.8. The highest BCUT2D eigenvalue weighted by Gasteiger charge is 2.28. The molecule has 0 atom stereocenters. The Kier molecular flexibility index (Phi) is 7.15. The monoisotopic (exact) mass is 492 g/mol. The summed E-state index contributed by atoms with van der Waals surface area (Å²) in [5.74, 6) is -0.309. The van der Waals surface area contributed by atoms with Gasteiger partial charge in [-0.2, -0.15) is 10.4 Å². The van der Waals surface area contributed by atoms with Gasteiger partial charge in [0, 0.05) is 37.9 Å². The molecule has 0 aromatic carbocycles. The molecule has 3 aromatic rings. The van der Waals surface area contributed by atoms with E-state index in [1.54, 1.807) is 25.5 Å². The third-order valence-electron chi connectivity index (χ3n) is 6.29. The Morgan fingerprint density at radius 1 is 1.19 bits per heavy atom.